The number of allylic oxidation sites excluding steroid dienone is 4. The van der Waals surface area contributed by atoms with Gasteiger partial charge < -0.3 is 15.1 Å². The number of benzene rings is 2. The van der Waals surface area contributed by atoms with Crippen LogP contribution in [0.2, 0.25) is 0 Å². The Morgan fingerprint density at radius 2 is 1.94 bits per heavy atom. The van der Waals surface area contributed by atoms with Gasteiger partial charge in [-0.05, 0) is 66.3 Å². The van der Waals surface area contributed by atoms with Crippen LogP contribution in [-0.2, 0) is 6.42 Å². The minimum Gasteiger partial charge on any atom is -0.506 e. The van der Waals surface area contributed by atoms with Crippen molar-refractivity contribution >= 4 is 22.9 Å². The maximum absolute atomic E-state index is 12.6. The van der Waals surface area contributed by atoms with Gasteiger partial charge in [-0.3, -0.25) is 9.79 Å². The smallest absolute Gasteiger partial charge is 0.257 e. The molecule has 5 heteroatoms. The Balaban J connectivity index is 1.57. The van der Waals surface area contributed by atoms with Gasteiger partial charge in [0, 0.05) is 25.7 Å². The molecule has 0 spiro atoms. The quantitative estimate of drug-likeness (QED) is 0.729. The maximum atomic E-state index is 12.6. The number of dihydropyridines is 1. The van der Waals surface area contributed by atoms with Crippen molar-refractivity contribution in [3.8, 4) is 5.75 Å². The van der Waals surface area contributed by atoms with Crippen molar-refractivity contribution in [2.75, 3.05) is 14.1 Å². The average molecular weight is 431 g/mol. The Morgan fingerprint density at radius 1 is 1.19 bits per heavy atom. The normalized spacial score (nSPS) is 19.2. The number of carbonyl (C=O) groups excluding carboxylic acids is 1. The number of hydrogen-bond acceptors (Lipinski definition) is 4. The third kappa shape index (κ3) is 4.39. The Bertz CT molecular complexity index is 1170. The highest BCUT2D eigenvalue weighted by Gasteiger charge is 2.21. The molecule has 2 N–H and O–H groups in total. The van der Waals surface area contributed by atoms with E-state index in [2.05, 4.69) is 12.2 Å². The minimum absolute atomic E-state index is 0.0336. The van der Waals surface area contributed by atoms with E-state index in [1.165, 1.54) is 10.5 Å². The monoisotopic (exact) mass is 430 g/mol. The number of rotatable bonds is 5. The number of aliphatic imine (C=N–C) groups is 1. The van der Waals surface area contributed by atoms with Gasteiger partial charge in [0.2, 0.25) is 0 Å². The van der Waals surface area contributed by atoms with Crippen molar-refractivity contribution in [1.29, 1.82) is 0 Å². The minimum atomic E-state index is -0.393. The number of fused-ring (bicyclic) bond motifs is 1. The predicted octanol–water partition coefficient (Wildman–Crippen LogP) is 4.59. The highest BCUT2D eigenvalue weighted by Crippen LogP contribution is 2.34. The van der Waals surface area contributed by atoms with Crippen LogP contribution in [0.3, 0.4) is 0 Å². The molecule has 5 nitrogen and oxygen atoms in total. The molecule has 1 aliphatic carbocycles. The van der Waals surface area contributed by atoms with Crippen LogP contribution in [0.25, 0.3) is 10.8 Å². The number of aliphatic hydroxyl groups is 1. The molecule has 0 fully saturated rings. The van der Waals surface area contributed by atoms with E-state index in [9.17, 15) is 15.0 Å². The Morgan fingerprint density at radius 3 is 2.53 bits per heavy atom. The first-order valence-electron chi connectivity index (χ1n) is 11.1. The highest BCUT2D eigenvalue weighted by atomic mass is 16.3. The Hall–Kier alpha value is -3.18. The molecule has 0 radical (unpaired) electrons. The molecule has 1 amide bonds. The van der Waals surface area contributed by atoms with Gasteiger partial charge in [-0.2, -0.15) is 0 Å². The van der Waals surface area contributed by atoms with E-state index in [1.54, 1.807) is 21.0 Å². The molecule has 0 aromatic heterocycles. The largest absolute Gasteiger partial charge is 0.506 e. The van der Waals surface area contributed by atoms with Gasteiger partial charge in [-0.25, -0.2) is 0 Å². The van der Waals surface area contributed by atoms with Crippen LogP contribution >= 0.6 is 0 Å². The number of aromatic hydroxyl groups is 1. The van der Waals surface area contributed by atoms with Crippen molar-refractivity contribution in [2.45, 2.75) is 44.8 Å². The highest BCUT2D eigenvalue weighted by molar-refractivity contribution is 6.04. The standard InChI is InChI=1S/C27H30N2O3/c1-17(30)18-8-10-19(11-9-18)20-12-13-22(28-16-20)14-21-15-25(27(32)29(2)3)26(31)24-7-5-4-6-23(21)24/h4-8,10,12,15-17,22,30-31H,9,11,13-14H2,1-3H3. The van der Waals surface area contributed by atoms with Gasteiger partial charge in [0.15, 0.2) is 0 Å². The van der Waals surface area contributed by atoms with E-state index >= 15 is 0 Å². The fraction of sp³-hybridized carbons (Fsp3) is 0.333. The Labute approximate surface area is 189 Å². The van der Waals surface area contributed by atoms with Crippen LogP contribution in [0.5, 0.6) is 5.75 Å². The molecule has 32 heavy (non-hydrogen) atoms. The van der Waals surface area contributed by atoms with Gasteiger partial charge in [-0.1, -0.05) is 42.5 Å². The molecule has 4 rings (SSSR count). The molecule has 0 saturated carbocycles. The number of phenolic OH excluding ortho intramolecular Hbond substituents is 1. The molecule has 0 bridgehead atoms. The third-order valence-corrected chi connectivity index (χ3v) is 6.32. The average Bonchev–Trinajstić information content (AvgIpc) is 2.81. The first kappa shape index (κ1) is 22.0. The summed E-state index contributed by atoms with van der Waals surface area (Å²) in [7, 11) is 3.38. The lowest BCUT2D eigenvalue weighted by Gasteiger charge is -2.22. The lowest BCUT2D eigenvalue weighted by Crippen LogP contribution is -2.22. The molecular weight excluding hydrogens is 400 g/mol. The molecule has 2 aliphatic rings. The van der Waals surface area contributed by atoms with Crippen molar-refractivity contribution < 1.29 is 15.0 Å². The molecule has 0 saturated heterocycles. The van der Waals surface area contributed by atoms with E-state index in [0.29, 0.717) is 17.4 Å². The Kier molecular flexibility index (Phi) is 6.28. The first-order valence-corrected chi connectivity index (χ1v) is 11.1. The van der Waals surface area contributed by atoms with Crippen molar-refractivity contribution in [3.05, 3.63) is 76.4 Å². The van der Waals surface area contributed by atoms with E-state index < -0.39 is 6.10 Å². The summed E-state index contributed by atoms with van der Waals surface area (Å²) in [6, 6.07) is 9.57. The first-order chi connectivity index (χ1) is 15.3. The van der Waals surface area contributed by atoms with Crippen LogP contribution in [0.4, 0.5) is 0 Å². The lowest BCUT2D eigenvalue weighted by molar-refractivity contribution is 0.0825. The molecule has 2 aromatic carbocycles. The summed E-state index contributed by atoms with van der Waals surface area (Å²) in [5.41, 5.74) is 4.82. The number of nitrogens with zero attached hydrogens (tertiary/aromatic N) is 2. The second kappa shape index (κ2) is 9.13. The van der Waals surface area contributed by atoms with Gasteiger partial charge in [0.05, 0.1) is 17.7 Å². The zero-order valence-corrected chi connectivity index (χ0v) is 18.9. The van der Waals surface area contributed by atoms with Crippen molar-refractivity contribution in [2.24, 2.45) is 4.99 Å². The molecule has 166 valence electrons. The molecule has 1 aliphatic heterocycles. The zero-order valence-electron chi connectivity index (χ0n) is 18.9. The summed E-state index contributed by atoms with van der Waals surface area (Å²) in [6.45, 7) is 1.81. The SMILES string of the molecule is CC(O)C1=CC=C(C2=CCC(Cc3cc(C(=O)N(C)C)c(O)c4ccccc34)N=C2)CC1. The van der Waals surface area contributed by atoms with Gasteiger partial charge in [-0.15, -0.1) is 0 Å². The molecule has 2 aromatic rings. The third-order valence-electron chi connectivity index (χ3n) is 6.32. The number of hydrogen-bond donors (Lipinski definition) is 2. The molecule has 2 unspecified atom stereocenters. The summed E-state index contributed by atoms with van der Waals surface area (Å²) in [6.07, 6.45) is 11.2. The van der Waals surface area contributed by atoms with E-state index in [4.69, 9.17) is 4.99 Å². The van der Waals surface area contributed by atoms with E-state index in [0.717, 1.165) is 41.4 Å². The number of carbonyl (C=O) groups is 1. The van der Waals surface area contributed by atoms with E-state index in [-0.39, 0.29) is 17.7 Å². The van der Waals surface area contributed by atoms with Gasteiger partial charge in [0.1, 0.15) is 5.75 Å². The summed E-state index contributed by atoms with van der Waals surface area (Å²) < 4.78 is 0. The second-order valence-electron chi connectivity index (χ2n) is 8.82. The van der Waals surface area contributed by atoms with Crippen LogP contribution in [-0.4, -0.2) is 53.5 Å². The van der Waals surface area contributed by atoms with Crippen LogP contribution in [0.1, 0.15) is 42.1 Å². The molecule has 1 heterocycles. The van der Waals surface area contributed by atoms with E-state index in [1.807, 2.05) is 42.6 Å². The number of amides is 1. The van der Waals surface area contributed by atoms with Gasteiger partial charge >= 0.3 is 0 Å². The summed E-state index contributed by atoms with van der Waals surface area (Å²) >= 11 is 0. The lowest BCUT2D eigenvalue weighted by atomic mass is 9.89. The maximum Gasteiger partial charge on any atom is 0.257 e. The van der Waals surface area contributed by atoms with Crippen LogP contribution < -0.4 is 0 Å². The molecular formula is C27H30N2O3. The predicted molar refractivity (Wildman–Crippen MR) is 129 cm³/mol. The fourth-order valence-corrected chi connectivity index (χ4v) is 4.42. The number of aliphatic hydroxyl groups excluding tert-OH is 1. The zero-order chi connectivity index (χ0) is 22.8. The van der Waals surface area contributed by atoms with Gasteiger partial charge in [0.25, 0.3) is 5.91 Å². The topological polar surface area (TPSA) is 73.1 Å². The van der Waals surface area contributed by atoms with Crippen LogP contribution in [0, 0.1) is 0 Å². The second-order valence-corrected chi connectivity index (χ2v) is 8.82. The summed E-state index contributed by atoms with van der Waals surface area (Å²) in [5, 5.41) is 22.1. The summed E-state index contributed by atoms with van der Waals surface area (Å²) in [4.78, 5) is 18.9. The molecule has 2 atom stereocenters. The fourth-order valence-electron chi connectivity index (χ4n) is 4.42. The summed E-state index contributed by atoms with van der Waals surface area (Å²) in [5.74, 6) is -0.177. The number of phenols is 1. The van der Waals surface area contributed by atoms with Crippen LogP contribution in [0.15, 0.2) is 70.3 Å². The van der Waals surface area contributed by atoms with Crippen molar-refractivity contribution in [3.63, 3.8) is 0 Å². The van der Waals surface area contributed by atoms with Crippen molar-refractivity contribution in [1.82, 2.24) is 4.90 Å².